The van der Waals surface area contributed by atoms with Gasteiger partial charge in [-0.15, -0.1) is 0 Å². The second-order valence-electron chi connectivity index (χ2n) is 10.5. The van der Waals surface area contributed by atoms with Crippen LogP contribution in [0.15, 0.2) is 70.8 Å². The molecule has 1 amide bonds. The standard InChI is InChI=1S/C29H31FN2O4S/c1-18(33)32-26(21-13-12-20(14-22(21)30)36-16-19-8-5-4-6-9-19)28-24(15-29(2,3)17-37(28)35)31-23-10-7-11-25(34)27(23)32/h5,7-14,26,31,34H,4,6,15-17H2,1-3H3. The van der Waals surface area contributed by atoms with E-state index in [1.54, 1.807) is 24.3 Å². The highest BCUT2D eigenvalue weighted by Gasteiger charge is 2.43. The molecule has 0 spiro atoms. The number of para-hydroxylation sites is 1. The molecule has 194 valence electrons. The number of benzene rings is 2. The zero-order valence-electron chi connectivity index (χ0n) is 21.2. The van der Waals surface area contributed by atoms with Gasteiger partial charge in [0.15, 0.2) is 0 Å². The molecule has 2 aromatic rings. The summed E-state index contributed by atoms with van der Waals surface area (Å²) in [6, 6.07) is 8.48. The van der Waals surface area contributed by atoms with Crippen LogP contribution in [-0.4, -0.2) is 27.6 Å². The van der Waals surface area contributed by atoms with Gasteiger partial charge in [0.2, 0.25) is 5.91 Å². The van der Waals surface area contributed by atoms with E-state index >= 15 is 4.39 Å². The van der Waals surface area contributed by atoms with Gasteiger partial charge in [0.05, 0.1) is 21.4 Å². The summed E-state index contributed by atoms with van der Waals surface area (Å²) in [5.41, 5.74) is 2.40. The van der Waals surface area contributed by atoms with Gasteiger partial charge >= 0.3 is 0 Å². The first-order chi connectivity index (χ1) is 17.6. The molecule has 2 N–H and O–H groups in total. The first-order valence-electron chi connectivity index (χ1n) is 12.4. The number of allylic oxidation sites excluding steroid dienone is 3. The average molecular weight is 523 g/mol. The lowest BCUT2D eigenvalue weighted by molar-refractivity contribution is -0.116. The van der Waals surface area contributed by atoms with Crippen molar-refractivity contribution in [2.75, 3.05) is 22.6 Å². The van der Waals surface area contributed by atoms with Crippen molar-refractivity contribution in [3.63, 3.8) is 0 Å². The number of aromatic hydroxyl groups is 1. The molecule has 1 aliphatic carbocycles. The van der Waals surface area contributed by atoms with Crippen LogP contribution in [0.25, 0.3) is 0 Å². The molecule has 2 heterocycles. The van der Waals surface area contributed by atoms with Crippen LogP contribution >= 0.6 is 0 Å². The van der Waals surface area contributed by atoms with Gasteiger partial charge in [-0.25, -0.2) is 4.39 Å². The predicted molar refractivity (Wildman–Crippen MR) is 144 cm³/mol. The van der Waals surface area contributed by atoms with Crippen molar-refractivity contribution in [3.05, 3.63) is 82.2 Å². The Bertz CT molecular complexity index is 1380. The number of hydrogen-bond acceptors (Lipinski definition) is 5. The van der Waals surface area contributed by atoms with Crippen LogP contribution in [-0.2, 0) is 15.6 Å². The van der Waals surface area contributed by atoms with Gasteiger partial charge in [-0.1, -0.05) is 38.1 Å². The van der Waals surface area contributed by atoms with E-state index in [0.29, 0.717) is 40.8 Å². The van der Waals surface area contributed by atoms with Gasteiger partial charge < -0.3 is 15.2 Å². The topological polar surface area (TPSA) is 78.9 Å². The van der Waals surface area contributed by atoms with Crippen molar-refractivity contribution in [2.24, 2.45) is 5.41 Å². The minimum atomic E-state index is -1.49. The van der Waals surface area contributed by atoms with Gasteiger partial charge in [-0.3, -0.25) is 13.9 Å². The molecule has 0 fully saturated rings. The first-order valence-corrected chi connectivity index (χ1v) is 13.7. The molecule has 3 aliphatic rings. The number of nitrogens with one attached hydrogen (secondary N) is 1. The number of rotatable bonds is 4. The Morgan fingerprint density at radius 1 is 1.27 bits per heavy atom. The monoisotopic (exact) mass is 522 g/mol. The lowest BCUT2D eigenvalue weighted by Gasteiger charge is -2.37. The third kappa shape index (κ3) is 4.94. The fourth-order valence-electron chi connectivity index (χ4n) is 5.26. The molecule has 0 bridgehead atoms. The molecule has 0 radical (unpaired) electrons. The molecule has 5 rings (SSSR count). The quantitative estimate of drug-likeness (QED) is 0.508. The molecule has 2 aliphatic heterocycles. The van der Waals surface area contributed by atoms with E-state index in [1.807, 2.05) is 19.9 Å². The van der Waals surface area contributed by atoms with Crippen LogP contribution in [0, 0.1) is 11.2 Å². The average Bonchev–Trinajstić information content (AvgIpc) is 2.98. The van der Waals surface area contributed by atoms with Crippen molar-refractivity contribution in [2.45, 2.75) is 46.1 Å². The molecule has 0 saturated carbocycles. The third-order valence-corrected chi connectivity index (χ3v) is 8.85. The fourth-order valence-corrected chi connectivity index (χ4v) is 7.10. The maximum atomic E-state index is 15.8. The summed E-state index contributed by atoms with van der Waals surface area (Å²) in [4.78, 5) is 14.9. The first kappa shape index (κ1) is 25.3. The summed E-state index contributed by atoms with van der Waals surface area (Å²) in [6.07, 6.45) is 8.73. The number of halogens is 1. The number of amides is 1. The summed E-state index contributed by atoms with van der Waals surface area (Å²) < 4.78 is 35.4. The Balaban J connectivity index is 1.62. The van der Waals surface area contributed by atoms with Gasteiger partial charge in [0.25, 0.3) is 0 Å². The second kappa shape index (κ2) is 9.82. The van der Waals surface area contributed by atoms with Crippen LogP contribution in [0.1, 0.15) is 51.6 Å². The number of nitrogens with zero attached hydrogens (tertiary/aromatic N) is 1. The van der Waals surface area contributed by atoms with Gasteiger partial charge in [0, 0.05) is 30.0 Å². The zero-order valence-corrected chi connectivity index (χ0v) is 22.0. The Kier molecular flexibility index (Phi) is 6.70. The number of anilines is 2. The van der Waals surface area contributed by atoms with Crippen molar-refractivity contribution in [1.29, 1.82) is 0 Å². The minimum absolute atomic E-state index is 0.121. The van der Waals surface area contributed by atoms with E-state index < -0.39 is 28.6 Å². The summed E-state index contributed by atoms with van der Waals surface area (Å²) in [5, 5.41) is 14.2. The number of phenolic OH excluding ortho intramolecular Hbond substituents is 1. The summed E-state index contributed by atoms with van der Waals surface area (Å²) >= 11 is 0. The normalized spacial score (nSPS) is 22.4. The lowest BCUT2D eigenvalue weighted by atomic mass is 9.88. The second-order valence-corrected chi connectivity index (χ2v) is 11.9. The zero-order chi connectivity index (χ0) is 26.3. The molecule has 6 nitrogen and oxygen atoms in total. The van der Waals surface area contributed by atoms with Crippen LogP contribution in [0.3, 0.4) is 0 Å². The van der Waals surface area contributed by atoms with E-state index in [0.717, 1.165) is 18.4 Å². The molecule has 37 heavy (non-hydrogen) atoms. The van der Waals surface area contributed by atoms with Crippen molar-refractivity contribution in [1.82, 2.24) is 0 Å². The maximum absolute atomic E-state index is 15.8. The highest BCUT2D eigenvalue weighted by molar-refractivity contribution is 7.89. The molecular weight excluding hydrogens is 491 g/mol. The fraction of sp³-hybridized carbons (Fsp3) is 0.345. The van der Waals surface area contributed by atoms with Crippen LogP contribution in [0.2, 0.25) is 0 Å². The minimum Gasteiger partial charge on any atom is -0.506 e. The Morgan fingerprint density at radius 2 is 2.08 bits per heavy atom. The van der Waals surface area contributed by atoms with E-state index in [1.165, 1.54) is 24.0 Å². The van der Waals surface area contributed by atoms with Crippen LogP contribution in [0.4, 0.5) is 15.8 Å². The molecular formula is C29H31FN2O4S. The van der Waals surface area contributed by atoms with Crippen molar-refractivity contribution < 1.29 is 23.2 Å². The number of hydrogen-bond donors (Lipinski definition) is 2. The smallest absolute Gasteiger partial charge is 0.224 e. The number of carbonyl (C=O) groups excluding carboxylic acids is 1. The van der Waals surface area contributed by atoms with Gasteiger partial charge in [-0.05, 0) is 54.5 Å². The molecule has 0 saturated heterocycles. The van der Waals surface area contributed by atoms with E-state index in [9.17, 15) is 14.1 Å². The highest BCUT2D eigenvalue weighted by Crippen LogP contribution is 2.51. The number of ether oxygens (including phenoxy) is 1. The summed E-state index contributed by atoms with van der Waals surface area (Å²) in [6.45, 7) is 5.77. The summed E-state index contributed by atoms with van der Waals surface area (Å²) in [7, 11) is -1.49. The van der Waals surface area contributed by atoms with Crippen molar-refractivity contribution >= 4 is 28.1 Å². The van der Waals surface area contributed by atoms with Crippen molar-refractivity contribution in [3.8, 4) is 11.5 Å². The molecule has 2 unspecified atom stereocenters. The van der Waals surface area contributed by atoms with Crippen LogP contribution in [0.5, 0.6) is 11.5 Å². The van der Waals surface area contributed by atoms with Gasteiger partial charge in [0.1, 0.15) is 35.7 Å². The SMILES string of the molecule is CC(=O)N1c2c(O)cccc2NC2=C(C1c1ccc(OCC3=CCCC=C3)cc1F)S(=O)CC(C)(C)C2. The molecule has 8 heteroatoms. The molecule has 2 atom stereocenters. The lowest BCUT2D eigenvalue weighted by Crippen LogP contribution is -2.38. The highest BCUT2D eigenvalue weighted by atomic mass is 32.2. The van der Waals surface area contributed by atoms with Crippen LogP contribution < -0.4 is 15.0 Å². The Labute approximate surface area is 219 Å². The number of carbonyl (C=O) groups is 1. The van der Waals surface area contributed by atoms with E-state index in [-0.39, 0.29) is 22.4 Å². The number of phenols is 1. The Morgan fingerprint density at radius 3 is 2.78 bits per heavy atom. The van der Waals surface area contributed by atoms with E-state index in [2.05, 4.69) is 17.5 Å². The molecule has 2 aromatic carbocycles. The number of fused-ring (bicyclic) bond motifs is 1. The largest absolute Gasteiger partial charge is 0.506 e. The maximum Gasteiger partial charge on any atom is 0.224 e. The third-order valence-electron chi connectivity index (χ3n) is 6.85. The van der Waals surface area contributed by atoms with Gasteiger partial charge in [-0.2, -0.15) is 0 Å². The predicted octanol–water partition coefficient (Wildman–Crippen LogP) is 6.10. The summed E-state index contributed by atoms with van der Waals surface area (Å²) in [5.74, 6) is -0.353. The Hall–Kier alpha value is -3.39. The molecule has 0 aromatic heterocycles. The van der Waals surface area contributed by atoms with E-state index in [4.69, 9.17) is 4.74 Å².